The number of rotatable bonds is 5. The molecule has 4 heterocycles. The van der Waals surface area contributed by atoms with Gasteiger partial charge in [0.25, 0.3) is 5.91 Å². The maximum absolute atomic E-state index is 15.0. The Morgan fingerprint density at radius 3 is 2.34 bits per heavy atom. The summed E-state index contributed by atoms with van der Waals surface area (Å²) in [5.74, 6) is -0.935. The average Bonchev–Trinajstić information content (AvgIpc) is 3.71. The third-order valence-electron chi connectivity index (χ3n) is 9.31. The van der Waals surface area contributed by atoms with Crippen LogP contribution < -0.4 is 24.8 Å². The summed E-state index contributed by atoms with van der Waals surface area (Å²) in [6.45, 7) is 0.542. The molecule has 2 N–H and O–H groups in total. The summed E-state index contributed by atoms with van der Waals surface area (Å²) < 4.78 is 16.6. The van der Waals surface area contributed by atoms with Gasteiger partial charge in [0.15, 0.2) is 17.3 Å². The van der Waals surface area contributed by atoms with E-state index in [4.69, 9.17) is 25.8 Å². The molecule has 2 amide bonds. The molecule has 2 fully saturated rings. The minimum absolute atomic E-state index is 0.284. The van der Waals surface area contributed by atoms with E-state index in [-0.39, 0.29) is 17.6 Å². The molecule has 41 heavy (non-hydrogen) atoms. The minimum atomic E-state index is -1.58. The number of nitrogens with one attached hydrogen (secondary N) is 2. The first-order valence-electron chi connectivity index (χ1n) is 13.5. The lowest BCUT2D eigenvalue weighted by Gasteiger charge is -2.43. The Labute approximate surface area is 241 Å². The zero-order valence-electron chi connectivity index (χ0n) is 22.7. The number of halogens is 1. The van der Waals surface area contributed by atoms with Crippen molar-refractivity contribution >= 4 is 40.6 Å². The number of amides is 2. The predicted octanol–water partition coefficient (Wildman–Crippen LogP) is 4.38. The monoisotopic (exact) mass is 573 g/mol. The minimum Gasteiger partial charge on any atom is -0.493 e. The van der Waals surface area contributed by atoms with E-state index in [0.717, 1.165) is 6.42 Å². The number of methoxy groups -OCH3 is 3. The van der Waals surface area contributed by atoms with Crippen LogP contribution in [0.3, 0.4) is 0 Å². The predicted molar refractivity (Wildman–Crippen MR) is 152 cm³/mol. The summed E-state index contributed by atoms with van der Waals surface area (Å²) in [4.78, 5) is 46.1. The third kappa shape index (κ3) is 2.97. The van der Waals surface area contributed by atoms with Gasteiger partial charge in [0.05, 0.1) is 38.0 Å². The highest BCUT2D eigenvalue weighted by atomic mass is 35.5. The van der Waals surface area contributed by atoms with Gasteiger partial charge in [0.2, 0.25) is 11.7 Å². The fourth-order valence-electron chi connectivity index (χ4n) is 7.97. The number of Topliss-reactive ketones (excluding diaryl/α,β-unsaturated/α-hetero) is 1. The van der Waals surface area contributed by atoms with E-state index in [1.54, 1.807) is 24.3 Å². The lowest BCUT2D eigenvalue weighted by Crippen LogP contribution is -2.62. The third-order valence-corrected chi connectivity index (χ3v) is 9.63. The Kier molecular flexibility index (Phi) is 5.65. The van der Waals surface area contributed by atoms with Crippen molar-refractivity contribution in [2.24, 2.45) is 5.92 Å². The molecule has 0 aromatic heterocycles. The number of hydrogen-bond acceptors (Lipinski definition) is 7. The SMILES string of the molecule is COc1cc(C(=O)[C@@H]2[C@H]3CCCN3[C@@]3(C(=O)Nc4c(Cl)cccc43)[C@]23C(=O)Nc2ccccc23)cc(OC)c1OC. The normalized spacial score (nSPS) is 27.4. The summed E-state index contributed by atoms with van der Waals surface area (Å²) in [6.07, 6.45) is 1.41. The van der Waals surface area contributed by atoms with Crippen LogP contribution in [-0.2, 0) is 20.5 Å². The van der Waals surface area contributed by atoms with Gasteiger partial charge >= 0.3 is 0 Å². The van der Waals surface area contributed by atoms with Crippen LogP contribution in [0, 0.1) is 5.92 Å². The van der Waals surface area contributed by atoms with Gasteiger partial charge in [0, 0.05) is 22.9 Å². The molecule has 10 heteroatoms. The lowest BCUT2D eigenvalue weighted by molar-refractivity contribution is -0.137. The second-order valence-corrected chi connectivity index (χ2v) is 11.2. The van der Waals surface area contributed by atoms with E-state index in [1.165, 1.54) is 21.3 Å². The van der Waals surface area contributed by atoms with E-state index in [9.17, 15) is 14.4 Å². The van der Waals surface area contributed by atoms with Crippen LogP contribution in [0.5, 0.6) is 17.2 Å². The Morgan fingerprint density at radius 2 is 1.63 bits per heavy atom. The van der Waals surface area contributed by atoms with Gasteiger partial charge in [-0.2, -0.15) is 0 Å². The van der Waals surface area contributed by atoms with Crippen molar-refractivity contribution in [1.29, 1.82) is 0 Å². The number of nitrogens with zero attached hydrogens (tertiary/aromatic N) is 1. The fraction of sp³-hybridized carbons (Fsp3) is 0.323. The second kappa shape index (κ2) is 8.96. The van der Waals surface area contributed by atoms with Crippen molar-refractivity contribution in [3.8, 4) is 17.2 Å². The van der Waals surface area contributed by atoms with E-state index in [0.29, 0.717) is 63.3 Å². The van der Waals surface area contributed by atoms with Crippen LogP contribution in [0.15, 0.2) is 54.6 Å². The maximum Gasteiger partial charge on any atom is 0.251 e. The molecule has 4 aliphatic heterocycles. The zero-order valence-corrected chi connectivity index (χ0v) is 23.5. The Morgan fingerprint density at radius 1 is 0.927 bits per heavy atom. The van der Waals surface area contributed by atoms with Crippen LogP contribution in [0.1, 0.15) is 34.3 Å². The number of hydrogen-bond donors (Lipinski definition) is 2. The molecule has 0 aliphatic carbocycles. The van der Waals surface area contributed by atoms with Gasteiger partial charge in [-0.05, 0) is 49.2 Å². The molecule has 3 aromatic carbocycles. The van der Waals surface area contributed by atoms with Gasteiger partial charge in [0.1, 0.15) is 11.0 Å². The van der Waals surface area contributed by atoms with Crippen molar-refractivity contribution in [3.63, 3.8) is 0 Å². The average molecular weight is 574 g/mol. The first-order valence-corrected chi connectivity index (χ1v) is 13.9. The summed E-state index contributed by atoms with van der Waals surface area (Å²) in [5, 5.41) is 6.42. The summed E-state index contributed by atoms with van der Waals surface area (Å²) >= 11 is 6.62. The molecule has 0 bridgehead atoms. The van der Waals surface area contributed by atoms with Gasteiger partial charge in [-0.1, -0.05) is 41.9 Å². The van der Waals surface area contributed by atoms with Crippen LogP contribution in [0.25, 0.3) is 0 Å². The first-order chi connectivity index (χ1) is 19.9. The zero-order chi connectivity index (χ0) is 28.7. The van der Waals surface area contributed by atoms with E-state index >= 15 is 0 Å². The molecule has 210 valence electrons. The number of fused-ring (bicyclic) bond motifs is 7. The summed E-state index contributed by atoms with van der Waals surface area (Å²) in [5.41, 5.74) is -0.485. The molecule has 4 aliphatic rings. The molecule has 3 aromatic rings. The van der Waals surface area contributed by atoms with Crippen molar-refractivity contribution in [1.82, 2.24) is 4.90 Å². The standard InChI is InChI=1S/C31H28ClN3O6/c1-39-22-14-16(15-23(40-2)27(22)41-3)26(36)24-21-12-7-13-35(21)31(18-9-6-10-19(32)25(18)34-29(31)38)30(24)17-8-4-5-11-20(17)33-28(30)37/h4-6,8-11,14-15,21,24H,7,12-13H2,1-3H3,(H,33,37)(H,34,38)/t21-,24+,30+,31+/m1/s1. The number of carbonyl (C=O) groups excluding carboxylic acids is 3. The molecule has 2 saturated heterocycles. The van der Waals surface area contributed by atoms with Crippen LogP contribution in [0.4, 0.5) is 11.4 Å². The lowest BCUT2D eigenvalue weighted by atomic mass is 9.57. The molecule has 0 unspecified atom stereocenters. The quantitative estimate of drug-likeness (QED) is 0.436. The Balaban J connectivity index is 1.55. The van der Waals surface area contributed by atoms with Gasteiger partial charge in [-0.25, -0.2) is 0 Å². The Hall–Kier alpha value is -4.08. The van der Waals surface area contributed by atoms with Crippen LogP contribution >= 0.6 is 11.6 Å². The number of carbonyl (C=O) groups is 3. The highest BCUT2D eigenvalue weighted by molar-refractivity contribution is 6.35. The molecule has 2 spiro atoms. The number of ether oxygens (including phenoxy) is 3. The molecule has 0 radical (unpaired) electrons. The first kappa shape index (κ1) is 25.9. The van der Waals surface area contributed by atoms with E-state index in [1.807, 2.05) is 30.3 Å². The Bertz CT molecular complexity index is 1630. The topological polar surface area (TPSA) is 106 Å². The summed E-state index contributed by atoms with van der Waals surface area (Å²) in [6, 6.07) is 15.5. The highest BCUT2D eigenvalue weighted by Crippen LogP contribution is 2.68. The van der Waals surface area contributed by atoms with Crippen molar-refractivity contribution in [2.75, 3.05) is 38.5 Å². The molecular weight excluding hydrogens is 546 g/mol. The summed E-state index contributed by atoms with van der Waals surface area (Å²) in [7, 11) is 4.47. The fourth-order valence-corrected chi connectivity index (χ4v) is 8.19. The largest absolute Gasteiger partial charge is 0.493 e. The van der Waals surface area contributed by atoms with Gasteiger partial charge < -0.3 is 24.8 Å². The molecule has 9 nitrogen and oxygen atoms in total. The maximum atomic E-state index is 15.0. The second-order valence-electron chi connectivity index (χ2n) is 10.8. The number of benzene rings is 3. The number of ketones is 1. The van der Waals surface area contributed by atoms with Gasteiger partial charge in [-0.15, -0.1) is 0 Å². The molecule has 0 saturated carbocycles. The molecule has 4 atom stereocenters. The van der Waals surface area contributed by atoms with E-state index in [2.05, 4.69) is 15.5 Å². The highest BCUT2D eigenvalue weighted by Gasteiger charge is 2.81. The van der Waals surface area contributed by atoms with Crippen molar-refractivity contribution in [2.45, 2.75) is 29.8 Å². The van der Waals surface area contributed by atoms with Crippen LogP contribution in [0.2, 0.25) is 5.02 Å². The molecular formula is C31H28ClN3O6. The smallest absolute Gasteiger partial charge is 0.251 e. The number of anilines is 2. The van der Waals surface area contributed by atoms with Gasteiger partial charge in [-0.3, -0.25) is 19.3 Å². The van der Waals surface area contributed by atoms with Crippen molar-refractivity contribution in [3.05, 3.63) is 76.3 Å². The van der Waals surface area contributed by atoms with Crippen molar-refractivity contribution < 1.29 is 28.6 Å². The number of para-hydroxylation sites is 2. The molecule has 7 rings (SSSR count). The van der Waals surface area contributed by atoms with Crippen LogP contribution in [-0.4, -0.2) is 56.4 Å². The van der Waals surface area contributed by atoms with E-state index < -0.39 is 22.9 Å².